The predicted octanol–water partition coefficient (Wildman–Crippen LogP) is 3.18. The summed E-state index contributed by atoms with van der Waals surface area (Å²) in [5, 5.41) is 1.90. The molecule has 0 aliphatic rings. The number of pyridine rings is 1. The van der Waals surface area contributed by atoms with Crippen LogP contribution in [0.5, 0.6) is 0 Å². The summed E-state index contributed by atoms with van der Waals surface area (Å²) in [6.45, 7) is 7.53. The Hall–Kier alpha value is -1.74. The fraction of sp³-hybridized carbons (Fsp3) is 0.375. The predicted molar refractivity (Wildman–Crippen MR) is 78.1 cm³/mol. The second kappa shape index (κ2) is 4.42. The highest BCUT2D eigenvalue weighted by molar-refractivity contribution is 6.10. The number of Topliss-reactive ketones (excluding diaryl/α,β-unsaturated/α-hetero) is 1. The molecule has 0 aliphatic heterocycles. The lowest BCUT2D eigenvalue weighted by Gasteiger charge is -2.37. The molecule has 2 rings (SSSR count). The van der Waals surface area contributed by atoms with Crippen molar-refractivity contribution in [3.8, 4) is 0 Å². The van der Waals surface area contributed by atoms with Crippen molar-refractivity contribution in [1.29, 1.82) is 0 Å². The summed E-state index contributed by atoms with van der Waals surface area (Å²) in [4.78, 5) is 17.0. The minimum atomic E-state index is -0.654. The van der Waals surface area contributed by atoms with E-state index in [0.29, 0.717) is 5.56 Å². The van der Waals surface area contributed by atoms with Crippen LogP contribution in [-0.4, -0.2) is 16.3 Å². The average Bonchev–Trinajstić information content (AvgIpc) is 2.36. The van der Waals surface area contributed by atoms with Gasteiger partial charge in [-0.25, -0.2) is 0 Å². The molecule has 19 heavy (non-hydrogen) atoms. The van der Waals surface area contributed by atoms with Crippen LogP contribution in [0.3, 0.4) is 0 Å². The van der Waals surface area contributed by atoms with Crippen molar-refractivity contribution in [1.82, 2.24) is 4.98 Å². The maximum absolute atomic E-state index is 12.8. The van der Waals surface area contributed by atoms with Crippen molar-refractivity contribution in [2.45, 2.75) is 33.2 Å². The number of aromatic nitrogens is 1. The Morgan fingerprint density at radius 1 is 1.11 bits per heavy atom. The lowest BCUT2D eigenvalue weighted by molar-refractivity contribution is 0.0736. The Balaban J connectivity index is 2.60. The van der Waals surface area contributed by atoms with E-state index in [9.17, 15) is 4.79 Å². The summed E-state index contributed by atoms with van der Waals surface area (Å²) in [6, 6.07) is 7.78. The first-order chi connectivity index (χ1) is 8.75. The normalized spacial score (nSPS) is 12.7. The summed E-state index contributed by atoms with van der Waals surface area (Å²) in [5.74, 6) is 0.0318. The maximum Gasteiger partial charge on any atom is 0.172 e. The summed E-state index contributed by atoms with van der Waals surface area (Å²) >= 11 is 0. The summed E-state index contributed by atoms with van der Waals surface area (Å²) < 4.78 is 0. The van der Waals surface area contributed by atoms with Gasteiger partial charge in [0.2, 0.25) is 0 Å². The van der Waals surface area contributed by atoms with E-state index in [2.05, 4.69) is 4.98 Å². The molecule has 3 heteroatoms. The number of fused-ring (bicyclic) bond motifs is 1. The Morgan fingerprint density at radius 3 is 2.37 bits per heavy atom. The molecule has 1 aromatic heterocycles. The molecule has 1 heterocycles. The van der Waals surface area contributed by atoms with Crippen LogP contribution >= 0.6 is 0 Å². The lowest BCUT2D eigenvalue weighted by atomic mass is 9.70. The molecule has 0 saturated heterocycles. The minimum absolute atomic E-state index is 0.0318. The van der Waals surface area contributed by atoms with Crippen LogP contribution in [0.15, 0.2) is 36.7 Å². The standard InChI is InChI=1S/C16H20N2O/c1-15(2,16(3,4)17)14(19)13-10-18-9-11-7-5-6-8-12(11)13/h5-10H,17H2,1-4H3. The Bertz CT molecular complexity index is 619. The van der Waals surface area contributed by atoms with Crippen molar-refractivity contribution < 1.29 is 4.79 Å². The topological polar surface area (TPSA) is 56.0 Å². The van der Waals surface area contributed by atoms with Crippen LogP contribution in [-0.2, 0) is 0 Å². The van der Waals surface area contributed by atoms with E-state index in [0.717, 1.165) is 10.8 Å². The number of nitrogens with zero attached hydrogens (tertiary/aromatic N) is 1. The summed E-state index contributed by atoms with van der Waals surface area (Å²) in [7, 11) is 0. The van der Waals surface area contributed by atoms with Crippen LogP contribution in [0.4, 0.5) is 0 Å². The smallest absolute Gasteiger partial charge is 0.172 e. The van der Waals surface area contributed by atoms with E-state index < -0.39 is 11.0 Å². The van der Waals surface area contributed by atoms with Gasteiger partial charge in [-0.15, -0.1) is 0 Å². The Labute approximate surface area is 113 Å². The molecular weight excluding hydrogens is 236 g/mol. The number of carbonyl (C=O) groups excluding carboxylic acids is 1. The first-order valence-electron chi connectivity index (χ1n) is 6.41. The monoisotopic (exact) mass is 256 g/mol. The molecule has 0 atom stereocenters. The van der Waals surface area contributed by atoms with Gasteiger partial charge >= 0.3 is 0 Å². The van der Waals surface area contributed by atoms with Crippen LogP contribution < -0.4 is 5.73 Å². The average molecular weight is 256 g/mol. The van der Waals surface area contributed by atoms with E-state index in [1.54, 1.807) is 12.4 Å². The quantitative estimate of drug-likeness (QED) is 0.858. The molecule has 0 bridgehead atoms. The molecule has 0 aliphatic carbocycles. The first-order valence-corrected chi connectivity index (χ1v) is 6.41. The zero-order valence-electron chi connectivity index (χ0n) is 11.9. The molecule has 2 N–H and O–H groups in total. The molecule has 0 fully saturated rings. The molecule has 0 spiro atoms. The molecule has 2 aromatic rings. The van der Waals surface area contributed by atoms with Crippen LogP contribution in [0.2, 0.25) is 0 Å². The third-order valence-corrected chi connectivity index (χ3v) is 4.09. The van der Waals surface area contributed by atoms with Crippen molar-refractivity contribution in [3.63, 3.8) is 0 Å². The van der Waals surface area contributed by atoms with E-state index >= 15 is 0 Å². The van der Waals surface area contributed by atoms with Crippen molar-refractivity contribution in [2.24, 2.45) is 11.1 Å². The third kappa shape index (κ3) is 2.26. The van der Waals surface area contributed by atoms with Gasteiger partial charge in [-0.3, -0.25) is 9.78 Å². The second-order valence-corrected chi connectivity index (χ2v) is 6.08. The number of carbonyl (C=O) groups is 1. The molecule has 0 amide bonds. The SMILES string of the molecule is CC(C)(N)C(C)(C)C(=O)c1cncc2ccccc12. The number of ketones is 1. The van der Waals surface area contributed by atoms with E-state index in [1.807, 2.05) is 52.0 Å². The van der Waals surface area contributed by atoms with Crippen molar-refractivity contribution in [2.75, 3.05) is 0 Å². The number of rotatable bonds is 3. The van der Waals surface area contributed by atoms with Crippen LogP contribution in [0.25, 0.3) is 10.8 Å². The van der Waals surface area contributed by atoms with Gasteiger partial charge in [0.25, 0.3) is 0 Å². The van der Waals surface area contributed by atoms with E-state index in [1.165, 1.54) is 0 Å². The Morgan fingerprint density at radius 2 is 1.74 bits per heavy atom. The van der Waals surface area contributed by atoms with Gasteiger partial charge in [0, 0.05) is 34.3 Å². The number of nitrogens with two attached hydrogens (primary N) is 1. The molecule has 0 radical (unpaired) electrons. The summed E-state index contributed by atoms with van der Waals surface area (Å²) in [5.41, 5.74) is 5.54. The molecule has 100 valence electrons. The van der Waals surface area contributed by atoms with Gasteiger partial charge in [-0.1, -0.05) is 38.1 Å². The largest absolute Gasteiger partial charge is 0.325 e. The fourth-order valence-corrected chi connectivity index (χ4v) is 1.93. The number of hydrogen-bond donors (Lipinski definition) is 1. The second-order valence-electron chi connectivity index (χ2n) is 6.08. The molecule has 3 nitrogen and oxygen atoms in total. The van der Waals surface area contributed by atoms with Crippen molar-refractivity contribution in [3.05, 3.63) is 42.2 Å². The minimum Gasteiger partial charge on any atom is -0.325 e. The van der Waals surface area contributed by atoms with Gasteiger partial charge in [-0.05, 0) is 19.2 Å². The molecule has 0 saturated carbocycles. The van der Waals surface area contributed by atoms with Gasteiger partial charge in [0.15, 0.2) is 5.78 Å². The number of benzene rings is 1. The fourth-order valence-electron chi connectivity index (χ4n) is 1.93. The zero-order valence-corrected chi connectivity index (χ0v) is 11.9. The maximum atomic E-state index is 12.8. The van der Waals surface area contributed by atoms with Gasteiger partial charge in [0.05, 0.1) is 0 Å². The van der Waals surface area contributed by atoms with Crippen LogP contribution in [0, 0.1) is 5.41 Å². The van der Waals surface area contributed by atoms with E-state index in [4.69, 9.17) is 5.73 Å². The van der Waals surface area contributed by atoms with Crippen LogP contribution in [0.1, 0.15) is 38.1 Å². The molecular formula is C16H20N2O. The zero-order chi connectivity index (χ0) is 14.3. The Kier molecular flexibility index (Phi) is 3.19. The third-order valence-electron chi connectivity index (χ3n) is 4.09. The lowest BCUT2D eigenvalue weighted by Crippen LogP contribution is -2.51. The molecule has 0 unspecified atom stereocenters. The van der Waals surface area contributed by atoms with Crippen molar-refractivity contribution >= 4 is 16.6 Å². The molecule has 1 aromatic carbocycles. The highest BCUT2D eigenvalue weighted by Crippen LogP contribution is 2.34. The van der Waals surface area contributed by atoms with E-state index in [-0.39, 0.29) is 5.78 Å². The van der Waals surface area contributed by atoms with Gasteiger partial charge in [-0.2, -0.15) is 0 Å². The van der Waals surface area contributed by atoms with Gasteiger partial charge < -0.3 is 5.73 Å². The number of hydrogen-bond acceptors (Lipinski definition) is 3. The first kappa shape index (κ1) is 13.7. The highest BCUT2D eigenvalue weighted by atomic mass is 16.1. The highest BCUT2D eigenvalue weighted by Gasteiger charge is 2.41. The summed E-state index contributed by atoms with van der Waals surface area (Å²) in [6.07, 6.45) is 3.41. The van der Waals surface area contributed by atoms with Gasteiger partial charge in [0.1, 0.15) is 0 Å².